The van der Waals surface area contributed by atoms with Crippen LogP contribution in [0.4, 0.5) is 0 Å². The molecular weight excluding hydrogens is 1520 g/mol. The van der Waals surface area contributed by atoms with Crippen molar-refractivity contribution in [2.24, 2.45) is 93.9 Å². The molecule has 4 fully saturated rings. The molecule has 4 aromatic rings. The number of ether oxygens (including phenoxy) is 12. The van der Waals surface area contributed by atoms with E-state index in [1.165, 1.54) is 28.4 Å². The van der Waals surface area contributed by atoms with Crippen molar-refractivity contribution in [3.05, 3.63) is 92.8 Å². The number of nitrogens with two attached hydrogens (primary N) is 4. The maximum absolute atomic E-state index is 13.1. The Labute approximate surface area is 770 Å². The van der Waals surface area contributed by atoms with Crippen LogP contribution >= 0.6 is 0 Å². The summed E-state index contributed by atoms with van der Waals surface area (Å²) < 4.78 is 392. The summed E-state index contributed by atoms with van der Waals surface area (Å²) in [7, 11) is 1.50. The molecule has 16 atom stereocenters. The van der Waals surface area contributed by atoms with Crippen LogP contribution in [0.15, 0.2) is 48.3 Å². The number of carbonyl (C=O) groups excluding carboxylic acids is 4. The van der Waals surface area contributed by atoms with Crippen molar-refractivity contribution in [2.75, 3.05) is 109 Å². The lowest BCUT2D eigenvalue weighted by atomic mass is 9.79. The standard InChI is InChI=1S/4C24H38N2O4/c4*1-14(2)9-17-13-26-8-7-16-10-21(28-5)22(29-6)11-18(16)19(26)12-20(17)30-24(27)23(25)15(3)4/h4*10-11,14-15,17,19-20,23H,7-9,12-13,25H2,1-6H3/t4*17?,19?,20?,23-/m0000/s1/i5D3,10D,11D,12D2,13D2,17D,20D;2*10D,11D,12D2,13D2,17D,20D;5D3,10D,11D,12D2,13D2,17D. The first-order valence-electron chi connectivity index (χ1n) is 59.6. The van der Waals surface area contributed by atoms with Gasteiger partial charge in [0.1, 0.15) is 48.5 Å². The molecule has 12 unspecified atom stereocenters. The van der Waals surface area contributed by atoms with Crippen LogP contribution in [-0.2, 0) is 63.8 Å². The Bertz CT molecular complexity index is 5760. The molecule has 8 aliphatic heterocycles. The van der Waals surface area contributed by atoms with E-state index in [1.54, 1.807) is 111 Å². The summed E-state index contributed by atoms with van der Waals surface area (Å²) in [5, 5.41) is 0. The van der Waals surface area contributed by atoms with Gasteiger partial charge in [0, 0.05) is 153 Å². The predicted octanol–water partition coefficient (Wildman–Crippen LogP) is 14.3. The van der Waals surface area contributed by atoms with E-state index >= 15 is 0 Å². The lowest BCUT2D eigenvalue weighted by Crippen LogP contribution is -2.51. The van der Waals surface area contributed by atoms with Gasteiger partial charge in [-0.25, -0.2) is 0 Å². The second-order valence-corrected chi connectivity index (χ2v) is 33.6. The van der Waals surface area contributed by atoms with Gasteiger partial charge in [-0.05, 0) is 192 Å². The normalized spacial score (nSPS) is 37.2. The van der Waals surface area contributed by atoms with Gasteiger partial charge in [0.15, 0.2) is 46.0 Å². The molecule has 12 rings (SSSR count). The van der Waals surface area contributed by atoms with Gasteiger partial charge < -0.3 is 79.8 Å². The maximum atomic E-state index is 13.1. The van der Waals surface area contributed by atoms with Gasteiger partial charge >= 0.3 is 23.9 Å². The second-order valence-electron chi connectivity index (χ2n) is 33.6. The second kappa shape index (κ2) is 43.9. The number of rotatable bonds is 28. The third-order valence-electron chi connectivity index (χ3n) is 21.0. The topological polar surface area (TPSA) is 296 Å². The van der Waals surface area contributed by atoms with Gasteiger partial charge in [-0.3, -0.25) is 38.8 Å². The zero-order chi connectivity index (χ0) is 121. The minimum absolute atomic E-state index is 0.00451. The van der Waals surface area contributed by atoms with Crippen LogP contribution in [0.1, 0.15) is 281 Å². The van der Waals surface area contributed by atoms with E-state index in [1.807, 2.05) is 0 Å². The molecule has 24 heteroatoms. The van der Waals surface area contributed by atoms with E-state index in [9.17, 15) is 39.7 Å². The number of fused-ring (bicyclic) bond motifs is 12. The first-order chi connectivity index (χ1) is 71.3. The predicted molar refractivity (Wildman–Crippen MR) is 471 cm³/mol. The molecular formula is C96H152N8O16. The molecule has 4 aromatic carbocycles. The molecule has 0 radical (unpaired) electrons. The fourth-order valence-electron chi connectivity index (χ4n) is 14.2. The largest absolute Gasteiger partial charge is 0.493 e. The molecule has 0 aromatic heterocycles. The Morgan fingerprint density at radius 1 is 0.350 bits per heavy atom. The summed E-state index contributed by atoms with van der Waals surface area (Å²) in [5.41, 5.74) is 24.0. The lowest BCUT2D eigenvalue weighted by Gasteiger charge is -2.47. The monoisotopic (exact) mass is 1710 g/mol. The molecule has 0 amide bonds. The summed E-state index contributed by atoms with van der Waals surface area (Å²) in [6.45, 7) is 15.6. The number of benzene rings is 4. The van der Waals surface area contributed by atoms with Gasteiger partial charge in [0.2, 0.25) is 0 Å². The van der Waals surface area contributed by atoms with Crippen molar-refractivity contribution in [2.45, 2.75) is 260 Å². The van der Waals surface area contributed by atoms with E-state index in [-0.39, 0.29) is 193 Å². The van der Waals surface area contributed by atoms with Gasteiger partial charge in [0.05, 0.1) is 80.0 Å². The number of nitrogens with zero attached hydrogens (tertiary/aromatic N) is 4. The number of hydrogen-bond donors (Lipinski definition) is 4. The van der Waals surface area contributed by atoms with Gasteiger partial charge in [0.25, 0.3) is 0 Å². The van der Waals surface area contributed by atoms with Gasteiger partial charge in [-0.2, -0.15) is 0 Å². The molecule has 672 valence electrons. The van der Waals surface area contributed by atoms with Crippen molar-refractivity contribution in [3.8, 4) is 46.0 Å². The molecule has 8 N–H and O–H groups in total. The molecule has 24 nitrogen and oxygen atoms in total. The molecule has 4 saturated heterocycles. The van der Waals surface area contributed by atoms with Crippen LogP contribution in [0.3, 0.4) is 0 Å². The van der Waals surface area contributed by atoms with Crippen molar-refractivity contribution >= 4 is 23.9 Å². The number of esters is 4. The molecule has 0 spiro atoms. The smallest absolute Gasteiger partial charge is 0.323 e. The molecule has 8 aliphatic rings. The van der Waals surface area contributed by atoms with Crippen LogP contribution < -0.4 is 60.8 Å². The Balaban J connectivity index is 0.000000231. The van der Waals surface area contributed by atoms with Crippen LogP contribution in [0, 0.1) is 70.9 Å². The minimum Gasteiger partial charge on any atom is -0.493 e. The van der Waals surface area contributed by atoms with Crippen LogP contribution in [0.25, 0.3) is 0 Å². The molecule has 0 bridgehead atoms. The number of hydrogen-bond acceptors (Lipinski definition) is 24. The third kappa shape index (κ3) is 23.8. The molecule has 0 aliphatic carbocycles. The fourth-order valence-corrected chi connectivity index (χ4v) is 14.2. The van der Waals surface area contributed by atoms with Crippen LogP contribution in [-0.4, -0.2) is 201 Å². The number of piperidine rings is 4. The first-order valence-corrected chi connectivity index (χ1v) is 41.1. The SMILES string of the molecule is [2H]c1c2c(c([2H])c(OC)c1OC([2H])([2H])[2H])C1N(CC2)C([2H])([2H])C([2H])(CC(C)C)C(OC(=O)[C@@H](N)C(C)C)C1([2H])[2H].[2H]c1c2c(c([2H])c(OC)c1OC([2H])([2H])[2H])C1N(CC2)C([2H])([2H])C([2H])(CC(C)C)C([2H])(OC(=O)[C@@H](N)C(C)C)C1([2H])[2H].[2H]c1c2c(c([2H])c(OC)c1OC)C1N(CC2)C([2H])([2H])C([2H])(CC(C)C)C([2H])(OC(=O)[C@@H](N)C(C)C)C1([2H])[2H].[2H]c1c2c(c([2H])c(OC)c1OC)C1N(CC2)C([2H])([2H])C([2H])(CC(C)C)C([2H])(OC(=O)[C@@H](N)C(C)C)C1([2H])[2H]. The Kier molecular flexibility index (Phi) is 20.7. The van der Waals surface area contributed by atoms with Crippen molar-refractivity contribution in [1.82, 2.24) is 19.6 Å². The van der Waals surface area contributed by atoms with Gasteiger partial charge in [-0.15, -0.1) is 0 Å². The summed E-state index contributed by atoms with van der Waals surface area (Å²) in [5.74, 6) is -19.8. The zero-order valence-corrected chi connectivity index (χ0v) is 73.4. The van der Waals surface area contributed by atoms with Crippen LogP contribution in [0.2, 0.25) is 0 Å². The maximum Gasteiger partial charge on any atom is 0.323 e. The number of carbonyl (C=O) groups is 4. The summed E-state index contributed by atoms with van der Waals surface area (Å²) in [6.07, 6.45) is -23.9. The van der Waals surface area contributed by atoms with Crippen molar-refractivity contribution < 1.29 is 127 Å². The highest BCUT2D eigenvalue weighted by molar-refractivity contribution is 5.77. The lowest BCUT2D eigenvalue weighted by molar-refractivity contribution is -0.161. The number of methoxy groups -OCH3 is 8. The highest BCUT2D eigenvalue weighted by Gasteiger charge is 2.47. The van der Waals surface area contributed by atoms with E-state index in [2.05, 4.69) is 0 Å². The van der Waals surface area contributed by atoms with E-state index in [4.69, 9.17) is 110 Å². The summed E-state index contributed by atoms with van der Waals surface area (Å²) in [6, 6.07) is -14.4. The molecule has 0 saturated carbocycles. The highest BCUT2D eigenvalue weighted by atomic mass is 16.6. The van der Waals surface area contributed by atoms with E-state index < -0.39 is 257 Å². The quantitative estimate of drug-likeness (QED) is 0.0303. The van der Waals surface area contributed by atoms with Crippen molar-refractivity contribution in [3.63, 3.8) is 0 Å². The van der Waals surface area contributed by atoms with Crippen LogP contribution in [0.5, 0.6) is 46.0 Å². The Hall–Kier alpha value is -7.16. The summed E-state index contributed by atoms with van der Waals surface area (Å²) in [4.78, 5) is 56.8. The highest BCUT2D eigenvalue weighted by Crippen LogP contribution is 2.50. The third-order valence-corrected chi connectivity index (χ3v) is 21.0. The van der Waals surface area contributed by atoms with E-state index in [0.29, 0.717) is 0 Å². The first kappa shape index (κ1) is 56.7. The average Bonchev–Trinajstić information content (AvgIpc) is 0.671. The minimum atomic E-state index is -3.18. The molecule has 120 heavy (non-hydrogen) atoms. The van der Waals surface area contributed by atoms with Gasteiger partial charge in [-0.1, -0.05) is 111 Å². The average molecular weight is 1710 g/mol. The Morgan fingerprint density at radius 2 is 0.567 bits per heavy atom. The van der Waals surface area contributed by atoms with E-state index in [0.717, 1.165) is 33.8 Å². The summed E-state index contributed by atoms with van der Waals surface area (Å²) >= 11 is 0. The zero-order valence-electron chi connectivity index (χ0n) is 110. The molecule has 8 heterocycles. The Morgan fingerprint density at radius 3 is 0.800 bits per heavy atom. The fraction of sp³-hybridized carbons (Fsp3) is 0.708. The van der Waals surface area contributed by atoms with Crippen molar-refractivity contribution in [1.29, 1.82) is 0 Å².